The van der Waals surface area contributed by atoms with Crippen molar-refractivity contribution >= 4 is 39.2 Å². The number of rotatable bonds is 1. The Morgan fingerprint density at radius 2 is 1.85 bits per heavy atom. The number of hydrogen-bond acceptors (Lipinski definition) is 3. The van der Waals surface area contributed by atoms with Crippen LogP contribution in [0.3, 0.4) is 0 Å². The minimum absolute atomic E-state index is 0.583. The molecule has 2 nitrogen and oxygen atoms in total. The molecule has 0 aliphatic carbocycles. The molecule has 0 saturated heterocycles. The van der Waals surface area contributed by atoms with Crippen molar-refractivity contribution < 1.29 is 4.74 Å². The number of thioether (sulfide) groups is 1. The van der Waals surface area contributed by atoms with Crippen LogP contribution in [-0.2, 0) is 0 Å². The van der Waals surface area contributed by atoms with Gasteiger partial charge in [-0.05, 0) is 36.9 Å². The van der Waals surface area contributed by atoms with Gasteiger partial charge in [-0.15, -0.1) is 0 Å². The second kappa shape index (κ2) is 5.73. The quantitative estimate of drug-likeness (QED) is 0.708. The van der Waals surface area contributed by atoms with Crippen LogP contribution in [0, 0.1) is 6.92 Å². The Morgan fingerprint density at radius 1 is 1.10 bits per heavy atom. The Bertz CT molecular complexity index is 692. The van der Waals surface area contributed by atoms with Gasteiger partial charge in [0.1, 0.15) is 5.75 Å². The Morgan fingerprint density at radius 3 is 2.60 bits per heavy atom. The van der Waals surface area contributed by atoms with E-state index in [9.17, 15) is 0 Å². The molecule has 100 valence electrons. The number of benzene rings is 2. The zero-order valence-electron chi connectivity index (χ0n) is 10.8. The molecular formula is C16H12ClNOS. The van der Waals surface area contributed by atoms with E-state index in [2.05, 4.69) is 4.99 Å². The van der Waals surface area contributed by atoms with Crippen LogP contribution in [0.2, 0.25) is 0 Å². The predicted molar refractivity (Wildman–Crippen MR) is 86.8 cm³/mol. The summed E-state index contributed by atoms with van der Waals surface area (Å²) >= 11 is 7.33. The molecule has 0 atom stereocenters. The topological polar surface area (TPSA) is 21.6 Å². The molecule has 1 heterocycles. The molecule has 0 bridgehead atoms. The maximum absolute atomic E-state index is 5.90. The lowest BCUT2D eigenvalue weighted by molar-refractivity contribution is 0.566. The molecule has 1 aliphatic heterocycles. The van der Waals surface area contributed by atoms with E-state index in [1.807, 2.05) is 55.5 Å². The van der Waals surface area contributed by atoms with Crippen LogP contribution < -0.4 is 4.74 Å². The number of hydrogen-bond donors (Lipinski definition) is 0. The number of fused-ring (bicyclic) bond motifs is 1. The van der Waals surface area contributed by atoms with Crippen LogP contribution in [-0.4, -0.2) is 5.23 Å². The van der Waals surface area contributed by atoms with E-state index in [0.29, 0.717) is 5.23 Å². The van der Waals surface area contributed by atoms with Crippen molar-refractivity contribution in [2.75, 3.05) is 0 Å². The Labute approximate surface area is 127 Å². The molecule has 2 aromatic carbocycles. The van der Waals surface area contributed by atoms with E-state index in [-0.39, 0.29) is 0 Å². The lowest BCUT2D eigenvalue weighted by Gasteiger charge is -2.17. The summed E-state index contributed by atoms with van der Waals surface area (Å²) in [7, 11) is 0. The smallest absolute Gasteiger partial charge is 0.261 e. The lowest BCUT2D eigenvalue weighted by atomic mass is 10.2. The fourth-order valence-electron chi connectivity index (χ4n) is 1.88. The summed E-state index contributed by atoms with van der Waals surface area (Å²) in [6, 6.07) is 15.8. The molecule has 0 spiro atoms. The second-order valence-corrected chi connectivity index (χ2v) is 5.60. The van der Waals surface area contributed by atoms with Crippen molar-refractivity contribution in [3.8, 4) is 5.75 Å². The molecule has 0 amide bonds. The van der Waals surface area contributed by atoms with Gasteiger partial charge in [-0.25, -0.2) is 4.99 Å². The summed E-state index contributed by atoms with van der Waals surface area (Å²) in [4.78, 5) is 5.46. The number of nitrogens with zero attached hydrogens (tertiary/aromatic N) is 1. The molecule has 2 aromatic rings. The molecule has 0 saturated carbocycles. The van der Waals surface area contributed by atoms with Crippen molar-refractivity contribution in [2.24, 2.45) is 4.99 Å². The van der Waals surface area contributed by atoms with Gasteiger partial charge >= 0.3 is 0 Å². The van der Waals surface area contributed by atoms with Crippen molar-refractivity contribution in [1.29, 1.82) is 0 Å². The molecule has 20 heavy (non-hydrogen) atoms. The van der Waals surface area contributed by atoms with Crippen LogP contribution in [0.15, 0.2) is 59.1 Å². The van der Waals surface area contributed by atoms with Gasteiger partial charge in [0.2, 0.25) is 0 Å². The summed E-state index contributed by atoms with van der Waals surface area (Å²) in [5.41, 5.74) is 4.67. The maximum Gasteiger partial charge on any atom is 0.261 e. The Balaban J connectivity index is 1.92. The Kier molecular flexibility index (Phi) is 3.81. The highest BCUT2D eigenvalue weighted by Gasteiger charge is 2.18. The maximum atomic E-state index is 5.90. The number of halogens is 1. The van der Waals surface area contributed by atoms with E-state index in [0.717, 1.165) is 21.9 Å². The van der Waals surface area contributed by atoms with E-state index >= 15 is 0 Å². The highest BCUT2D eigenvalue weighted by molar-refractivity contribution is 8.21. The van der Waals surface area contributed by atoms with Crippen LogP contribution >= 0.6 is 23.4 Å². The number of para-hydroxylation sites is 1. The van der Waals surface area contributed by atoms with Gasteiger partial charge in [-0.3, -0.25) is 0 Å². The predicted octanol–water partition coefficient (Wildman–Crippen LogP) is 5.35. The molecule has 4 heteroatoms. The second-order valence-electron chi connectivity index (χ2n) is 4.39. The van der Waals surface area contributed by atoms with Crippen molar-refractivity contribution in [2.45, 2.75) is 6.92 Å². The summed E-state index contributed by atoms with van der Waals surface area (Å²) in [6.45, 7) is 2.04. The van der Waals surface area contributed by atoms with E-state index in [1.165, 1.54) is 17.3 Å². The summed E-state index contributed by atoms with van der Waals surface area (Å²) in [5.74, 6) is 0.773. The van der Waals surface area contributed by atoms with Gasteiger partial charge in [0, 0.05) is 16.0 Å². The number of ether oxygens (including phenoxy) is 1. The van der Waals surface area contributed by atoms with Crippen molar-refractivity contribution in [3.63, 3.8) is 0 Å². The molecule has 3 rings (SSSR count). The highest BCUT2D eigenvalue weighted by atomic mass is 35.5. The third-order valence-electron chi connectivity index (χ3n) is 2.90. The third kappa shape index (κ3) is 2.74. The minimum atomic E-state index is 0.583. The molecular weight excluding hydrogens is 290 g/mol. The summed E-state index contributed by atoms with van der Waals surface area (Å²) < 4.78 is 5.81. The largest absolute Gasteiger partial charge is 0.433 e. The molecule has 0 aromatic heterocycles. The van der Waals surface area contributed by atoms with Gasteiger partial charge in [-0.2, -0.15) is 0 Å². The highest BCUT2D eigenvalue weighted by Crippen LogP contribution is 2.40. The van der Waals surface area contributed by atoms with E-state index < -0.39 is 0 Å². The average molecular weight is 302 g/mol. The van der Waals surface area contributed by atoms with Crippen LogP contribution in [0.1, 0.15) is 11.1 Å². The molecule has 0 N–H and O–H groups in total. The first-order valence-corrected chi connectivity index (χ1v) is 7.42. The molecule has 0 unspecified atom stereocenters. The fourth-order valence-corrected chi connectivity index (χ4v) is 2.93. The number of aliphatic imine (C=N–C) groups is 1. The standard InChI is InChI=1S/C16H12ClNOS/c1-11-6-8-12(9-7-11)19-16-18-14-5-3-2-4-13(14)15(10-17)20-16/h2-10H,1H3/b15-10-. The molecule has 0 radical (unpaired) electrons. The first kappa shape index (κ1) is 13.3. The van der Waals surface area contributed by atoms with Crippen LogP contribution in [0.5, 0.6) is 5.75 Å². The zero-order chi connectivity index (χ0) is 13.9. The van der Waals surface area contributed by atoms with Crippen LogP contribution in [0.25, 0.3) is 4.91 Å². The first-order valence-electron chi connectivity index (χ1n) is 6.17. The third-order valence-corrected chi connectivity index (χ3v) is 4.16. The fraction of sp³-hybridized carbons (Fsp3) is 0.0625. The summed E-state index contributed by atoms with van der Waals surface area (Å²) in [6.07, 6.45) is 0. The zero-order valence-corrected chi connectivity index (χ0v) is 12.4. The average Bonchev–Trinajstić information content (AvgIpc) is 2.49. The minimum Gasteiger partial charge on any atom is -0.433 e. The first-order chi connectivity index (χ1) is 9.76. The van der Waals surface area contributed by atoms with Gasteiger partial charge in [0.25, 0.3) is 5.23 Å². The number of aryl methyl sites for hydroxylation is 1. The van der Waals surface area contributed by atoms with Gasteiger partial charge in [-0.1, -0.05) is 47.5 Å². The summed E-state index contributed by atoms with van der Waals surface area (Å²) in [5, 5.41) is 0.583. The Hall–Kier alpha value is -1.71. The van der Waals surface area contributed by atoms with Crippen molar-refractivity contribution in [1.82, 2.24) is 0 Å². The van der Waals surface area contributed by atoms with E-state index in [4.69, 9.17) is 16.3 Å². The molecule has 1 aliphatic rings. The van der Waals surface area contributed by atoms with Crippen LogP contribution in [0.4, 0.5) is 5.69 Å². The van der Waals surface area contributed by atoms with E-state index in [1.54, 1.807) is 5.54 Å². The van der Waals surface area contributed by atoms with Crippen molar-refractivity contribution in [3.05, 3.63) is 65.2 Å². The normalized spacial score (nSPS) is 15.7. The SMILES string of the molecule is Cc1ccc(OC2=Nc3ccccc3/C(=C/Cl)S2)cc1. The van der Waals surface area contributed by atoms with Gasteiger partial charge < -0.3 is 4.74 Å². The monoisotopic (exact) mass is 301 g/mol. The van der Waals surface area contributed by atoms with Gasteiger partial charge in [0.05, 0.1) is 5.69 Å². The van der Waals surface area contributed by atoms with Gasteiger partial charge in [0.15, 0.2) is 0 Å². The molecule has 0 fully saturated rings. The lowest BCUT2D eigenvalue weighted by Crippen LogP contribution is -2.07.